The topological polar surface area (TPSA) is 76.5 Å². The Balaban J connectivity index is 1.29. The summed E-state index contributed by atoms with van der Waals surface area (Å²) in [4.78, 5) is 32.3. The first-order valence-electron chi connectivity index (χ1n) is 13.7. The van der Waals surface area contributed by atoms with Gasteiger partial charge in [0, 0.05) is 25.6 Å². The van der Waals surface area contributed by atoms with Gasteiger partial charge in [0.15, 0.2) is 6.61 Å². The van der Waals surface area contributed by atoms with E-state index >= 15 is 0 Å². The zero-order chi connectivity index (χ0) is 27.5. The molecule has 0 atom stereocenters. The van der Waals surface area contributed by atoms with Gasteiger partial charge in [0.2, 0.25) is 5.91 Å². The summed E-state index contributed by atoms with van der Waals surface area (Å²) in [6, 6.07) is 27.5. The molecule has 1 N–H and O–H groups in total. The van der Waals surface area contributed by atoms with Gasteiger partial charge >= 0.3 is 0 Å². The van der Waals surface area contributed by atoms with Gasteiger partial charge in [-0.3, -0.25) is 9.59 Å². The minimum atomic E-state index is -0.121. The lowest BCUT2D eigenvalue weighted by molar-refractivity contribution is -0.134. The second-order valence-corrected chi connectivity index (χ2v) is 9.97. The van der Waals surface area contributed by atoms with Crippen LogP contribution in [-0.2, 0) is 29.1 Å². The molecule has 3 aromatic carbocycles. The molecule has 4 rings (SSSR count). The normalized spacial score (nSPS) is 11.1. The fourth-order valence-corrected chi connectivity index (χ4v) is 4.59. The Kier molecular flexibility index (Phi) is 10.1. The fourth-order valence-electron chi connectivity index (χ4n) is 4.59. The smallest absolute Gasteiger partial charge is 0.257 e. The molecule has 0 spiro atoms. The number of para-hydroxylation sites is 3. The second-order valence-electron chi connectivity index (χ2n) is 9.97. The van der Waals surface area contributed by atoms with Crippen LogP contribution in [0.2, 0.25) is 0 Å². The van der Waals surface area contributed by atoms with Crippen molar-refractivity contribution in [2.45, 2.75) is 58.7 Å². The van der Waals surface area contributed by atoms with Crippen molar-refractivity contribution in [1.82, 2.24) is 19.8 Å². The summed E-state index contributed by atoms with van der Waals surface area (Å²) >= 11 is 0. The van der Waals surface area contributed by atoms with Gasteiger partial charge in [-0.25, -0.2) is 4.98 Å². The SMILES string of the molecule is CC(C)N(Cc1ccccc1)C(=O)Cn1c(CCCCCNC(=O)COc2ccccc2)nc2ccccc21. The fraction of sp³-hybridized carbons (Fsp3) is 0.344. The number of aromatic nitrogens is 2. The number of rotatable bonds is 14. The number of carbonyl (C=O) groups is 2. The number of ether oxygens (including phenoxy) is 1. The Labute approximate surface area is 230 Å². The van der Waals surface area contributed by atoms with Crippen molar-refractivity contribution in [1.29, 1.82) is 0 Å². The number of nitrogens with zero attached hydrogens (tertiary/aromatic N) is 3. The molecule has 0 fully saturated rings. The number of fused-ring (bicyclic) bond motifs is 1. The molecular formula is C32H38N4O3. The number of aryl methyl sites for hydroxylation is 1. The van der Waals surface area contributed by atoms with Crippen LogP contribution >= 0.6 is 0 Å². The van der Waals surface area contributed by atoms with E-state index in [0.717, 1.165) is 48.1 Å². The molecule has 1 heterocycles. The van der Waals surface area contributed by atoms with Gasteiger partial charge < -0.3 is 19.5 Å². The molecule has 2 amide bonds. The highest BCUT2D eigenvalue weighted by atomic mass is 16.5. The molecule has 1 aromatic heterocycles. The molecule has 4 aromatic rings. The quantitative estimate of drug-likeness (QED) is 0.224. The molecule has 0 aliphatic heterocycles. The molecule has 7 heteroatoms. The maximum absolute atomic E-state index is 13.5. The highest BCUT2D eigenvalue weighted by molar-refractivity contribution is 5.81. The van der Waals surface area contributed by atoms with Crippen molar-refractivity contribution < 1.29 is 14.3 Å². The lowest BCUT2D eigenvalue weighted by atomic mass is 10.1. The molecule has 0 aliphatic rings. The summed E-state index contributed by atoms with van der Waals surface area (Å²) in [5, 5.41) is 2.92. The molecule has 0 saturated carbocycles. The predicted molar refractivity (Wildman–Crippen MR) is 154 cm³/mol. The summed E-state index contributed by atoms with van der Waals surface area (Å²) < 4.78 is 7.56. The third-order valence-corrected chi connectivity index (χ3v) is 6.68. The lowest BCUT2D eigenvalue weighted by Crippen LogP contribution is -2.38. The van der Waals surface area contributed by atoms with E-state index in [4.69, 9.17) is 9.72 Å². The first kappa shape index (κ1) is 27.9. The number of imidazole rings is 1. The third-order valence-electron chi connectivity index (χ3n) is 6.68. The summed E-state index contributed by atoms with van der Waals surface area (Å²) in [5.41, 5.74) is 3.01. The van der Waals surface area contributed by atoms with E-state index < -0.39 is 0 Å². The van der Waals surface area contributed by atoms with Crippen LogP contribution < -0.4 is 10.1 Å². The van der Waals surface area contributed by atoms with E-state index in [1.807, 2.05) is 77.7 Å². The molecule has 204 valence electrons. The van der Waals surface area contributed by atoms with Crippen LogP contribution in [0.1, 0.15) is 44.5 Å². The van der Waals surface area contributed by atoms with E-state index in [1.54, 1.807) is 0 Å². The number of nitrogens with one attached hydrogen (secondary N) is 1. The van der Waals surface area contributed by atoms with Crippen molar-refractivity contribution in [3.05, 3.63) is 96.3 Å². The van der Waals surface area contributed by atoms with Crippen molar-refractivity contribution in [2.75, 3.05) is 13.2 Å². The van der Waals surface area contributed by atoms with Crippen LogP contribution in [0.15, 0.2) is 84.9 Å². The molecule has 0 radical (unpaired) electrons. The van der Waals surface area contributed by atoms with Crippen LogP contribution in [0.25, 0.3) is 11.0 Å². The van der Waals surface area contributed by atoms with E-state index in [0.29, 0.717) is 18.8 Å². The summed E-state index contributed by atoms with van der Waals surface area (Å²) in [7, 11) is 0. The van der Waals surface area contributed by atoms with Crippen LogP contribution in [0, 0.1) is 0 Å². The number of carbonyl (C=O) groups excluding carboxylic acids is 2. The van der Waals surface area contributed by atoms with Crippen molar-refractivity contribution in [3.8, 4) is 5.75 Å². The number of benzene rings is 3. The lowest BCUT2D eigenvalue weighted by Gasteiger charge is -2.27. The zero-order valence-electron chi connectivity index (χ0n) is 22.9. The summed E-state index contributed by atoms with van der Waals surface area (Å²) in [5.74, 6) is 1.57. The van der Waals surface area contributed by atoms with E-state index in [-0.39, 0.29) is 31.0 Å². The Morgan fingerprint density at radius 2 is 1.59 bits per heavy atom. The maximum atomic E-state index is 13.5. The first-order valence-corrected chi connectivity index (χ1v) is 13.7. The Morgan fingerprint density at radius 3 is 2.33 bits per heavy atom. The molecule has 0 saturated heterocycles. The van der Waals surface area contributed by atoms with Crippen LogP contribution in [-0.4, -0.2) is 45.5 Å². The van der Waals surface area contributed by atoms with E-state index in [1.165, 1.54) is 0 Å². The van der Waals surface area contributed by atoms with Crippen molar-refractivity contribution in [2.24, 2.45) is 0 Å². The Morgan fingerprint density at radius 1 is 0.897 bits per heavy atom. The van der Waals surface area contributed by atoms with Crippen molar-refractivity contribution >= 4 is 22.8 Å². The van der Waals surface area contributed by atoms with Gasteiger partial charge in [-0.15, -0.1) is 0 Å². The number of unbranched alkanes of at least 4 members (excludes halogenated alkanes) is 2. The number of amides is 2. The Hall–Kier alpha value is -4.13. The third kappa shape index (κ3) is 8.18. The molecule has 0 unspecified atom stereocenters. The summed E-state index contributed by atoms with van der Waals surface area (Å²) in [6.07, 6.45) is 3.51. The maximum Gasteiger partial charge on any atom is 0.257 e. The van der Waals surface area contributed by atoms with E-state index in [2.05, 4.69) is 35.9 Å². The highest BCUT2D eigenvalue weighted by Gasteiger charge is 2.20. The molecule has 0 bridgehead atoms. The van der Waals surface area contributed by atoms with Crippen molar-refractivity contribution in [3.63, 3.8) is 0 Å². The summed E-state index contributed by atoms with van der Waals surface area (Å²) in [6.45, 7) is 5.58. The number of hydrogen-bond acceptors (Lipinski definition) is 4. The van der Waals surface area contributed by atoms with Gasteiger partial charge in [-0.2, -0.15) is 0 Å². The highest BCUT2D eigenvalue weighted by Crippen LogP contribution is 2.19. The van der Waals surface area contributed by atoms with Crippen LogP contribution in [0.3, 0.4) is 0 Å². The average Bonchev–Trinajstić information content (AvgIpc) is 3.30. The van der Waals surface area contributed by atoms with Gasteiger partial charge in [0.25, 0.3) is 5.91 Å². The number of hydrogen-bond donors (Lipinski definition) is 1. The minimum Gasteiger partial charge on any atom is -0.484 e. The van der Waals surface area contributed by atoms with Crippen LogP contribution in [0.5, 0.6) is 5.75 Å². The standard InChI is InChI=1S/C32H38N4O3/c1-25(2)35(22-26-14-6-3-7-15-26)32(38)23-36-29-19-12-11-18-28(29)34-30(36)20-10-5-13-21-33-31(37)24-39-27-16-8-4-9-17-27/h3-4,6-9,11-12,14-19,25H,5,10,13,20-24H2,1-2H3,(H,33,37). The Bertz CT molecular complexity index is 1340. The molecule has 39 heavy (non-hydrogen) atoms. The molecule has 0 aliphatic carbocycles. The second kappa shape index (κ2) is 14.1. The van der Waals surface area contributed by atoms with Gasteiger partial charge in [0.05, 0.1) is 11.0 Å². The van der Waals surface area contributed by atoms with Gasteiger partial charge in [-0.05, 0) is 56.5 Å². The molecular weight excluding hydrogens is 488 g/mol. The van der Waals surface area contributed by atoms with Gasteiger partial charge in [0.1, 0.15) is 18.1 Å². The van der Waals surface area contributed by atoms with E-state index in [9.17, 15) is 9.59 Å². The first-order chi connectivity index (χ1) is 19.0. The van der Waals surface area contributed by atoms with Crippen LogP contribution in [0.4, 0.5) is 0 Å². The average molecular weight is 527 g/mol. The zero-order valence-corrected chi connectivity index (χ0v) is 22.9. The predicted octanol–water partition coefficient (Wildman–Crippen LogP) is 5.38. The largest absolute Gasteiger partial charge is 0.484 e. The van der Waals surface area contributed by atoms with Gasteiger partial charge in [-0.1, -0.05) is 67.1 Å². The molecule has 7 nitrogen and oxygen atoms in total. The minimum absolute atomic E-state index is 0.0136. The monoisotopic (exact) mass is 526 g/mol.